The fourth-order valence-electron chi connectivity index (χ4n) is 2.82. The van der Waals surface area contributed by atoms with E-state index < -0.39 is 0 Å². The molecule has 0 amide bonds. The van der Waals surface area contributed by atoms with Crippen LogP contribution in [0.5, 0.6) is 11.5 Å². The molecule has 3 rings (SSSR count). The van der Waals surface area contributed by atoms with Gasteiger partial charge in [-0.1, -0.05) is 0 Å². The third-order valence-corrected chi connectivity index (χ3v) is 4.42. The van der Waals surface area contributed by atoms with Gasteiger partial charge < -0.3 is 20.5 Å². The fourth-order valence-corrected chi connectivity index (χ4v) is 2.82. The lowest BCUT2D eigenvalue weighted by Crippen LogP contribution is -2.02. The van der Waals surface area contributed by atoms with Crippen molar-refractivity contribution < 1.29 is 9.47 Å². The molecule has 0 aliphatic heterocycles. The summed E-state index contributed by atoms with van der Waals surface area (Å²) in [6.45, 7) is 4.03. The lowest BCUT2D eigenvalue weighted by Gasteiger charge is -2.16. The summed E-state index contributed by atoms with van der Waals surface area (Å²) in [4.78, 5) is 4.36. The monoisotopic (exact) mass is 348 g/mol. The molecule has 0 fully saturated rings. The van der Waals surface area contributed by atoms with Gasteiger partial charge in [0.25, 0.3) is 0 Å². The number of hydrogen-bond acceptors (Lipinski definition) is 6. The molecular formula is C20H20N4O2. The first-order valence-corrected chi connectivity index (χ1v) is 8.07. The summed E-state index contributed by atoms with van der Waals surface area (Å²) in [5, 5.41) is 13.6. The van der Waals surface area contributed by atoms with Crippen LogP contribution in [0.25, 0.3) is 10.9 Å². The first-order valence-electron chi connectivity index (χ1n) is 8.07. The van der Waals surface area contributed by atoms with Crippen molar-refractivity contribution in [3.8, 4) is 17.6 Å². The molecule has 26 heavy (non-hydrogen) atoms. The summed E-state index contributed by atoms with van der Waals surface area (Å²) in [7, 11) is 3.14. The lowest BCUT2D eigenvalue weighted by molar-refractivity contribution is 0.356. The van der Waals surface area contributed by atoms with Gasteiger partial charge in [-0.15, -0.1) is 0 Å². The average molecular weight is 348 g/mol. The Balaban J connectivity index is 2.24. The summed E-state index contributed by atoms with van der Waals surface area (Å²) < 4.78 is 10.7. The van der Waals surface area contributed by atoms with Gasteiger partial charge in [0.05, 0.1) is 42.4 Å². The number of aromatic nitrogens is 1. The van der Waals surface area contributed by atoms with Crippen LogP contribution in [0.2, 0.25) is 0 Å². The van der Waals surface area contributed by atoms with Crippen molar-refractivity contribution in [1.29, 1.82) is 5.26 Å². The van der Waals surface area contributed by atoms with Crippen molar-refractivity contribution in [2.24, 2.45) is 0 Å². The van der Waals surface area contributed by atoms with E-state index in [2.05, 4.69) is 16.4 Å². The SMILES string of the molecule is COc1cc2ncc(C#N)c(Nc3cc(C)c(C)cc3N)c2cc1OC. The predicted molar refractivity (Wildman–Crippen MR) is 103 cm³/mol. The molecule has 0 aliphatic carbocycles. The zero-order valence-corrected chi connectivity index (χ0v) is 15.2. The van der Waals surface area contributed by atoms with E-state index in [4.69, 9.17) is 15.2 Å². The number of methoxy groups -OCH3 is 2. The molecule has 132 valence electrons. The number of rotatable bonds is 4. The largest absolute Gasteiger partial charge is 0.493 e. The van der Waals surface area contributed by atoms with Gasteiger partial charge in [0, 0.05) is 17.6 Å². The molecule has 0 spiro atoms. The van der Waals surface area contributed by atoms with E-state index in [9.17, 15) is 5.26 Å². The van der Waals surface area contributed by atoms with Gasteiger partial charge in [-0.2, -0.15) is 5.26 Å². The molecule has 0 saturated heterocycles. The molecule has 1 aromatic heterocycles. The molecule has 1 heterocycles. The Hall–Kier alpha value is -3.46. The number of ether oxygens (including phenoxy) is 2. The molecule has 0 atom stereocenters. The smallest absolute Gasteiger partial charge is 0.162 e. The summed E-state index contributed by atoms with van der Waals surface area (Å²) >= 11 is 0. The predicted octanol–water partition coefficient (Wildman–Crippen LogP) is 4.07. The number of hydrogen-bond donors (Lipinski definition) is 2. The lowest BCUT2D eigenvalue weighted by atomic mass is 10.1. The summed E-state index contributed by atoms with van der Waals surface area (Å²) in [5.74, 6) is 1.14. The van der Waals surface area contributed by atoms with Crippen molar-refractivity contribution >= 4 is 28.0 Å². The second-order valence-electron chi connectivity index (χ2n) is 6.03. The highest BCUT2D eigenvalue weighted by molar-refractivity contribution is 5.98. The van der Waals surface area contributed by atoms with E-state index in [0.29, 0.717) is 34.0 Å². The molecular weight excluding hydrogens is 328 g/mol. The molecule has 3 N–H and O–H groups in total. The van der Waals surface area contributed by atoms with Crippen molar-refractivity contribution in [3.05, 3.63) is 47.2 Å². The van der Waals surface area contributed by atoms with Crippen LogP contribution in [-0.4, -0.2) is 19.2 Å². The summed E-state index contributed by atoms with van der Waals surface area (Å²) in [5.41, 5.74) is 11.5. The standard InChI is InChI=1S/C20H20N4O2/c1-11-5-15(22)17(6-12(11)2)24-20-13(9-21)10-23-16-8-19(26-4)18(25-3)7-14(16)20/h5-8,10H,22H2,1-4H3,(H,23,24). The van der Waals surface area contributed by atoms with Gasteiger partial charge in [0.1, 0.15) is 6.07 Å². The minimum absolute atomic E-state index is 0.419. The first-order chi connectivity index (χ1) is 12.5. The Labute approximate surface area is 152 Å². The molecule has 0 saturated carbocycles. The van der Waals surface area contributed by atoms with Crippen LogP contribution < -0.4 is 20.5 Å². The van der Waals surface area contributed by atoms with Crippen LogP contribution in [-0.2, 0) is 0 Å². The Bertz CT molecular complexity index is 1040. The molecule has 2 aromatic carbocycles. The molecule has 6 nitrogen and oxygen atoms in total. The highest BCUT2D eigenvalue weighted by Gasteiger charge is 2.15. The van der Waals surface area contributed by atoms with E-state index in [0.717, 1.165) is 22.2 Å². The highest BCUT2D eigenvalue weighted by Crippen LogP contribution is 2.38. The Kier molecular flexibility index (Phi) is 4.55. The van der Waals surface area contributed by atoms with Gasteiger partial charge in [-0.3, -0.25) is 4.98 Å². The van der Waals surface area contributed by atoms with Crippen molar-refractivity contribution in [2.45, 2.75) is 13.8 Å². The van der Waals surface area contributed by atoms with Gasteiger partial charge >= 0.3 is 0 Å². The molecule has 3 aromatic rings. The number of nitrogens with two attached hydrogens (primary N) is 1. The Morgan fingerprint density at radius 1 is 1.04 bits per heavy atom. The average Bonchev–Trinajstić information content (AvgIpc) is 2.65. The minimum Gasteiger partial charge on any atom is -0.493 e. The third kappa shape index (κ3) is 2.95. The van der Waals surface area contributed by atoms with Crippen LogP contribution >= 0.6 is 0 Å². The molecule has 0 aliphatic rings. The van der Waals surface area contributed by atoms with Gasteiger partial charge in [-0.05, 0) is 43.2 Å². The van der Waals surface area contributed by atoms with Gasteiger partial charge in [0.2, 0.25) is 0 Å². The van der Waals surface area contributed by atoms with Crippen LogP contribution in [0.3, 0.4) is 0 Å². The fraction of sp³-hybridized carbons (Fsp3) is 0.200. The van der Waals surface area contributed by atoms with E-state index in [1.807, 2.05) is 32.0 Å². The normalized spacial score (nSPS) is 10.4. The second-order valence-corrected chi connectivity index (χ2v) is 6.03. The quantitative estimate of drug-likeness (QED) is 0.691. The number of nitrogen functional groups attached to an aromatic ring is 1. The molecule has 0 unspecified atom stereocenters. The van der Waals surface area contributed by atoms with Crippen LogP contribution in [0.1, 0.15) is 16.7 Å². The molecule has 6 heteroatoms. The Morgan fingerprint density at radius 2 is 1.69 bits per heavy atom. The maximum absolute atomic E-state index is 9.53. The number of aryl methyl sites for hydroxylation is 2. The van der Waals surface area contributed by atoms with E-state index in [-0.39, 0.29) is 0 Å². The van der Waals surface area contributed by atoms with E-state index in [1.54, 1.807) is 20.3 Å². The van der Waals surface area contributed by atoms with Gasteiger partial charge in [0.15, 0.2) is 11.5 Å². The number of nitrogens with one attached hydrogen (secondary N) is 1. The number of pyridine rings is 1. The van der Waals surface area contributed by atoms with Crippen molar-refractivity contribution in [2.75, 3.05) is 25.3 Å². The summed E-state index contributed by atoms with van der Waals surface area (Å²) in [6.07, 6.45) is 1.54. The minimum atomic E-state index is 0.419. The molecule has 0 bridgehead atoms. The zero-order valence-electron chi connectivity index (χ0n) is 15.2. The second kappa shape index (κ2) is 6.81. The first kappa shape index (κ1) is 17.4. The topological polar surface area (TPSA) is 93.2 Å². The van der Waals surface area contributed by atoms with Crippen LogP contribution in [0, 0.1) is 25.2 Å². The van der Waals surface area contributed by atoms with Crippen LogP contribution in [0.4, 0.5) is 17.1 Å². The number of benzene rings is 2. The number of nitriles is 1. The maximum atomic E-state index is 9.53. The number of nitrogens with zero attached hydrogens (tertiary/aromatic N) is 2. The van der Waals surface area contributed by atoms with Gasteiger partial charge in [-0.25, -0.2) is 0 Å². The zero-order chi connectivity index (χ0) is 18.8. The van der Waals surface area contributed by atoms with E-state index >= 15 is 0 Å². The van der Waals surface area contributed by atoms with Crippen LogP contribution in [0.15, 0.2) is 30.5 Å². The third-order valence-electron chi connectivity index (χ3n) is 4.42. The number of fused-ring (bicyclic) bond motifs is 1. The molecule has 0 radical (unpaired) electrons. The maximum Gasteiger partial charge on any atom is 0.162 e. The van der Waals surface area contributed by atoms with Crippen molar-refractivity contribution in [1.82, 2.24) is 4.98 Å². The highest BCUT2D eigenvalue weighted by atomic mass is 16.5. The summed E-state index contributed by atoms with van der Waals surface area (Å²) in [6, 6.07) is 9.66. The number of anilines is 3. The van der Waals surface area contributed by atoms with Crippen molar-refractivity contribution in [3.63, 3.8) is 0 Å². The Morgan fingerprint density at radius 3 is 2.35 bits per heavy atom. The van der Waals surface area contributed by atoms with E-state index in [1.165, 1.54) is 6.20 Å².